The van der Waals surface area contributed by atoms with Gasteiger partial charge in [0.2, 0.25) is 0 Å². The van der Waals surface area contributed by atoms with E-state index in [-0.39, 0.29) is 5.41 Å². The van der Waals surface area contributed by atoms with Gasteiger partial charge in [0, 0.05) is 5.41 Å². The summed E-state index contributed by atoms with van der Waals surface area (Å²) < 4.78 is 0. The first-order valence-electron chi connectivity index (χ1n) is 6.85. The van der Waals surface area contributed by atoms with Crippen molar-refractivity contribution in [3.05, 3.63) is 71.3 Å². The largest absolute Gasteiger partial charge is 0.387 e. The summed E-state index contributed by atoms with van der Waals surface area (Å²) in [6.07, 6.45) is 0.237. The molecule has 2 heteroatoms. The lowest BCUT2D eigenvalue weighted by atomic mass is 9.73. The van der Waals surface area contributed by atoms with Crippen LogP contribution in [0.5, 0.6) is 0 Å². The Morgan fingerprint density at radius 1 is 1.10 bits per heavy atom. The zero-order valence-electron chi connectivity index (χ0n) is 11.9. The number of hydrogen-bond donors (Lipinski definition) is 1. The summed E-state index contributed by atoms with van der Waals surface area (Å²) in [4.78, 5) is 0. The minimum atomic E-state index is -0.595. The van der Waals surface area contributed by atoms with Gasteiger partial charge in [-0.25, -0.2) is 0 Å². The highest BCUT2D eigenvalue weighted by atomic mass is 16.3. The topological polar surface area (TPSA) is 44.0 Å². The highest BCUT2D eigenvalue weighted by Gasteiger charge is 2.33. The molecule has 0 heterocycles. The molecule has 2 aromatic carbocycles. The maximum absolute atomic E-state index is 10.8. The molecule has 0 aliphatic heterocycles. The van der Waals surface area contributed by atoms with Crippen LogP contribution < -0.4 is 0 Å². The predicted octanol–water partition coefficient (Wildman–Crippen LogP) is 3.96. The van der Waals surface area contributed by atoms with Crippen LogP contribution in [0.2, 0.25) is 0 Å². The Labute approximate surface area is 120 Å². The monoisotopic (exact) mass is 265 g/mol. The molecule has 2 nitrogen and oxygen atoms in total. The molecule has 2 rings (SSSR count). The molecule has 0 fully saturated rings. The molecular formula is C18H19NO. The van der Waals surface area contributed by atoms with Gasteiger partial charge in [0.25, 0.3) is 0 Å². The Hall–Kier alpha value is -2.11. The average molecular weight is 265 g/mol. The number of hydrogen-bond acceptors (Lipinski definition) is 2. The van der Waals surface area contributed by atoms with Crippen molar-refractivity contribution in [2.75, 3.05) is 0 Å². The summed E-state index contributed by atoms with van der Waals surface area (Å²) >= 11 is 0. The Kier molecular flexibility index (Phi) is 4.22. The summed E-state index contributed by atoms with van der Waals surface area (Å²) in [6, 6.07) is 19.3. The molecule has 0 saturated carbocycles. The number of nitrogens with zero attached hydrogens (tertiary/aromatic N) is 1. The second-order valence-electron chi connectivity index (χ2n) is 5.27. The van der Waals surface area contributed by atoms with Gasteiger partial charge in [-0.05, 0) is 29.7 Å². The van der Waals surface area contributed by atoms with E-state index in [2.05, 4.69) is 32.0 Å². The van der Waals surface area contributed by atoms with Crippen molar-refractivity contribution < 1.29 is 5.11 Å². The van der Waals surface area contributed by atoms with E-state index in [0.29, 0.717) is 5.56 Å². The number of benzene rings is 2. The maximum Gasteiger partial charge on any atom is 0.0991 e. The minimum Gasteiger partial charge on any atom is -0.387 e. The predicted molar refractivity (Wildman–Crippen MR) is 80.2 cm³/mol. The normalized spacial score (nSPS) is 15.1. The molecule has 0 radical (unpaired) electrons. The van der Waals surface area contributed by atoms with Crippen LogP contribution in [0.25, 0.3) is 0 Å². The van der Waals surface area contributed by atoms with E-state index < -0.39 is 6.10 Å². The standard InChI is InChI=1S/C18H19NO/c1-3-18(2,16-7-5-4-6-8-16)17(20)15-11-9-14(13-19)10-12-15/h4-12,17,20H,3H2,1-2H3/t17-,18+/m0/s1. The van der Waals surface area contributed by atoms with Crippen molar-refractivity contribution in [3.63, 3.8) is 0 Å². The van der Waals surface area contributed by atoms with Gasteiger partial charge in [0.15, 0.2) is 0 Å². The summed E-state index contributed by atoms with van der Waals surface area (Å²) in [6.45, 7) is 4.16. The summed E-state index contributed by atoms with van der Waals surface area (Å²) in [5.74, 6) is 0. The Morgan fingerprint density at radius 2 is 1.70 bits per heavy atom. The maximum atomic E-state index is 10.8. The van der Waals surface area contributed by atoms with Crippen molar-refractivity contribution in [1.82, 2.24) is 0 Å². The summed E-state index contributed by atoms with van der Waals surface area (Å²) in [7, 11) is 0. The van der Waals surface area contributed by atoms with E-state index in [1.54, 1.807) is 12.1 Å². The highest BCUT2D eigenvalue weighted by Crippen LogP contribution is 2.39. The van der Waals surface area contributed by atoms with E-state index in [0.717, 1.165) is 17.5 Å². The third-order valence-electron chi connectivity index (χ3n) is 4.13. The number of aliphatic hydroxyl groups is 1. The lowest BCUT2D eigenvalue weighted by molar-refractivity contribution is 0.0869. The van der Waals surface area contributed by atoms with Gasteiger partial charge in [0.1, 0.15) is 0 Å². The van der Waals surface area contributed by atoms with Crippen LogP contribution in [0, 0.1) is 11.3 Å². The van der Waals surface area contributed by atoms with E-state index in [4.69, 9.17) is 5.26 Å². The lowest BCUT2D eigenvalue weighted by Crippen LogP contribution is -2.29. The van der Waals surface area contributed by atoms with E-state index in [1.165, 1.54) is 0 Å². The molecule has 0 bridgehead atoms. The van der Waals surface area contributed by atoms with Gasteiger partial charge in [0.05, 0.1) is 17.7 Å². The number of aliphatic hydroxyl groups excluding tert-OH is 1. The zero-order chi connectivity index (χ0) is 14.6. The van der Waals surface area contributed by atoms with Gasteiger partial charge in [-0.3, -0.25) is 0 Å². The molecule has 0 spiro atoms. The molecule has 2 atom stereocenters. The first-order chi connectivity index (χ1) is 9.61. The summed E-state index contributed by atoms with van der Waals surface area (Å²) in [5.41, 5.74) is 2.24. The molecular weight excluding hydrogens is 246 g/mol. The number of nitriles is 1. The molecule has 102 valence electrons. The molecule has 0 aliphatic rings. The molecule has 0 saturated heterocycles. The molecule has 2 aromatic rings. The molecule has 0 unspecified atom stereocenters. The first-order valence-corrected chi connectivity index (χ1v) is 6.85. The first kappa shape index (κ1) is 14.3. The van der Waals surface area contributed by atoms with E-state index >= 15 is 0 Å². The molecule has 0 aromatic heterocycles. The quantitative estimate of drug-likeness (QED) is 0.909. The summed E-state index contributed by atoms with van der Waals surface area (Å²) in [5, 5.41) is 19.6. The minimum absolute atomic E-state index is 0.338. The van der Waals surface area contributed by atoms with Crippen LogP contribution in [0.4, 0.5) is 0 Å². The van der Waals surface area contributed by atoms with Gasteiger partial charge < -0.3 is 5.11 Å². The SMILES string of the molecule is CC[C@](C)(c1ccccc1)[C@@H](O)c1ccc(C#N)cc1. The Morgan fingerprint density at radius 3 is 2.20 bits per heavy atom. The molecule has 1 N–H and O–H groups in total. The average Bonchev–Trinajstić information content (AvgIpc) is 2.54. The van der Waals surface area contributed by atoms with E-state index in [1.807, 2.05) is 30.3 Å². The third kappa shape index (κ3) is 2.59. The molecule has 0 aliphatic carbocycles. The zero-order valence-corrected chi connectivity index (χ0v) is 11.9. The van der Waals surface area contributed by atoms with Crippen molar-refractivity contribution in [2.24, 2.45) is 0 Å². The Balaban J connectivity index is 2.38. The van der Waals surface area contributed by atoms with Gasteiger partial charge in [-0.1, -0.05) is 56.3 Å². The Bertz CT molecular complexity index is 598. The van der Waals surface area contributed by atoms with Crippen molar-refractivity contribution in [2.45, 2.75) is 31.8 Å². The van der Waals surface area contributed by atoms with Crippen molar-refractivity contribution in [1.29, 1.82) is 5.26 Å². The fourth-order valence-electron chi connectivity index (χ4n) is 2.48. The number of rotatable bonds is 4. The fraction of sp³-hybridized carbons (Fsp3) is 0.278. The third-order valence-corrected chi connectivity index (χ3v) is 4.13. The van der Waals surface area contributed by atoms with Crippen LogP contribution in [-0.4, -0.2) is 5.11 Å². The van der Waals surface area contributed by atoms with Crippen LogP contribution in [-0.2, 0) is 5.41 Å². The van der Waals surface area contributed by atoms with Crippen LogP contribution in [0.1, 0.15) is 43.1 Å². The van der Waals surface area contributed by atoms with Gasteiger partial charge in [-0.15, -0.1) is 0 Å². The van der Waals surface area contributed by atoms with E-state index in [9.17, 15) is 5.11 Å². The second-order valence-corrected chi connectivity index (χ2v) is 5.27. The van der Waals surface area contributed by atoms with Crippen LogP contribution >= 0.6 is 0 Å². The van der Waals surface area contributed by atoms with Crippen LogP contribution in [0.3, 0.4) is 0 Å². The molecule has 0 amide bonds. The van der Waals surface area contributed by atoms with Crippen molar-refractivity contribution in [3.8, 4) is 6.07 Å². The fourth-order valence-corrected chi connectivity index (χ4v) is 2.48. The molecule has 20 heavy (non-hydrogen) atoms. The highest BCUT2D eigenvalue weighted by molar-refractivity contribution is 5.36. The van der Waals surface area contributed by atoms with Crippen molar-refractivity contribution >= 4 is 0 Å². The lowest BCUT2D eigenvalue weighted by Gasteiger charge is -2.34. The smallest absolute Gasteiger partial charge is 0.0991 e. The van der Waals surface area contributed by atoms with Gasteiger partial charge in [-0.2, -0.15) is 5.26 Å². The van der Waals surface area contributed by atoms with Gasteiger partial charge >= 0.3 is 0 Å². The second kappa shape index (κ2) is 5.90. The van der Waals surface area contributed by atoms with Crippen LogP contribution in [0.15, 0.2) is 54.6 Å².